The summed E-state index contributed by atoms with van der Waals surface area (Å²) in [5.74, 6) is -0.405. The number of nitrogens with zero attached hydrogens (tertiary/aromatic N) is 5. The average Bonchev–Trinajstić information content (AvgIpc) is 3.06. The Morgan fingerprint density at radius 1 is 0.914 bits per heavy atom. The first-order chi connectivity index (χ1) is 16.4. The van der Waals surface area contributed by atoms with Crippen molar-refractivity contribution in [1.82, 2.24) is 14.9 Å². The van der Waals surface area contributed by atoms with Gasteiger partial charge in [0.15, 0.2) is 0 Å². The lowest BCUT2D eigenvalue weighted by Gasteiger charge is -2.36. The number of hydrogen-bond acceptors (Lipinski definition) is 5. The zero-order valence-corrected chi connectivity index (χ0v) is 17.6. The number of imide groups is 1. The molecule has 3 aromatic rings. The summed E-state index contributed by atoms with van der Waals surface area (Å²) in [6, 6.07) is 5.63. The molecule has 0 saturated carbocycles. The number of anilines is 2. The molecule has 0 spiro atoms. The summed E-state index contributed by atoms with van der Waals surface area (Å²) in [6.07, 6.45) is -7.97. The maximum Gasteiger partial charge on any atom is 0.433 e. The quantitative estimate of drug-likeness (QED) is 0.391. The van der Waals surface area contributed by atoms with Crippen molar-refractivity contribution >= 4 is 34.3 Å². The maximum absolute atomic E-state index is 13.1. The molecule has 2 aromatic heterocycles. The fourth-order valence-electron chi connectivity index (χ4n) is 4.30. The van der Waals surface area contributed by atoms with Crippen LogP contribution in [0, 0.1) is 0 Å². The van der Waals surface area contributed by atoms with Crippen LogP contribution >= 0.6 is 0 Å². The maximum atomic E-state index is 13.1. The van der Waals surface area contributed by atoms with Crippen LogP contribution in [0.4, 0.5) is 42.6 Å². The molecule has 1 atom stereocenters. The number of fused-ring (bicyclic) bond motifs is 2. The molecule has 13 heteroatoms. The first-order valence-electron chi connectivity index (χ1n) is 10.3. The van der Waals surface area contributed by atoms with E-state index in [2.05, 4.69) is 9.97 Å². The number of carbonyl (C=O) groups is 2. The van der Waals surface area contributed by atoms with Crippen LogP contribution in [0.15, 0.2) is 48.7 Å². The van der Waals surface area contributed by atoms with E-state index in [0.29, 0.717) is 11.2 Å². The number of carbonyl (C=O) groups excluding carboxylic acids is 2. The van der Waals surface area contributed by atoms with Crippen molar-refractivity contribution in [2.45, 2.75) is 18.4 Å². The van der Waals surface area contributed by atoms with Crippen LogP contribution in [0.1, 0.15) is 11.3 Å². The largest absolute Gasteiger partial charge is 0.433 e. The van der Waals surface area contributed by atoms with E-state index in [9.17, 15) is 35.9 Å². The van der Waals surface area contributed by atoms with Crippen molar-refractivity contribution in [2.75, 3.05) is 29.4 Å². The summed E-state index contributed by atoms with van der Waals surface area (Å²) in [5, 5.41) is 0.334. The molecule has 0 radical (unpaired) electrons. The zero-order valence-electron chi connectivity index (χ0n) is 17.6. The highest BCUT2D eigenvalue weighted by molar-refractivity contribution is 6.21. The Labute approximate surface area is 193 Å². The number of hydrogen-bond donors (Lipinski definition) is 0. The Morgan fingerprint density at radius 3 is 2.40 bits per heavy atom. The standard InChI is InChI=1S/C22H15F6N5O2/c23-21(24,25)12-2-1-3-13(10-12)33-19(34)16-11-31(8-9-32(16)20(33)35)18-14-4-5-17(22(26,27)28)30-15(14)6-7-29-18/h1-7,10,16H,8-9,11H2. The van der Waals surface area contributed by atoms with E-state index in [1.807, 2.05) is 0 Å². The predicted molar refractivity (Wildman–Crippen MR) is 112 cm³/mol. The lowest BCUT2D eigenvalue weighted by molar-refractivity contribution is -0.141. The van der Waals surface area contributed by atoms with Crippen molar-refractivity contribution in [3.63, 3.8) is 0 Å². The molecule has 182 valence electrons. The van der Waals surface area contributed by atoms with Crippen LogP contribution in [0.25, 0.3) is 10.9 Å². The predicted octanol–water partition coefficient (Wildman–Crippen LogP) is 4.32. The molecule has 2 aliphatic heterocycles. The minimum Gasteiger partial charge on any atom is -0.352 e. The van der Waals surface area contributed by atoms with Gasteiger partial charge in [0.2, 0.25) is 0 Å². The molecule has 7 nitrogen and oxygen atoms in total. The first-order valence-corrected chi connectivity index (χ1v) is 10.3. The molecule has 4 heterocycles. The molecule has 0 bridgehead atoms. The Kier molecular flexibility index (Phi) is 5.11. The molecule has 2 fully saturated rings. The van der Waals surface area contributed by atoms with Crippen LogP contribution in [-0.4, -0.2) is 52.5 Å². The number of alkyl halides is 6. The van der Waals surface area contributed by atoms with Gasteiger partial charge < -0.3 is 9.80 Å². The van der Waals surface area contributed by atoms with Crippen LogP contribution in [0.3, 0.4) is 0 Å². The molecule has 2 aliphatic rings. The first kappa shape index (κ1) is 22.9. The minimum absolute atomic E-state index is 0.0346. The van der Waals surface area contributed by atoms with Gasteiger partial charge in [0.1, 0.15) is 17.6 Å². The molecule has 1 aromatic carbocycles. The summed E-state index contributed by atoms with van der Waals surface area (Å²) >= 11 is 0. The third-order valence-electron chi connectivity index (χ3n) is 5.94. The molecular formula is C22H15F6N5O2. The smallest absolute Gasteiger partial charge is 0.352 e. The summed E-state index contributed by atoms with van der Waals surface area (Å²) in [4.78, 5) is 37.5. The van der Waals surface area contributed by atoms with Gasteiger partial charge in [-0.3, -0.25) is 4.79 Å². The molecule has 5 rings (SSSR count). The second kappa shape index (κ2) is 7.82. The number of halogens is 6. The minimum atomic E-state index is -4.65. The van der Waals surface area contributed by atoms with Gasteiger partial charge in [0.05, 0.1) is 16.8 Å². The van der Waals surface area contributed by atoms with Crippen LogP contribution < -0.4 is 9.80 Å². The SMILES string of the molecule is O=C1C2CN(c3nccc4nc(C(F)(F)F)ccc34)CCN2C(=O)N1c1cccc(C(F)(F)F)c1. The molecule has 0 aliphatic carbocycles. The van der Waals surface area contributed by atoms with Crippen LogP contribution in [0.2, 0.25) is 0 Å². The lowest BCUT2D eigenvalue weighted by atomic mass is 10.1. The van der Waals surface area contributed by atoms with Gasteiger partial charge in [0.25, 0.3) is 5.91 Å². The number of pyridine rings is 2. The van der Waals surface area contributed by atoms with Crippen molar-refractivity contribution in [2.24, 2.45) is 0 Å². The molecular weight excluding hydrogens is 480 g/mol. The van der Waals surface area contributed by atoms with E-state index in [4.69, 9.17) is 0 Å². The topological polar surface area (TPSA) is 69.6 Å². The number of aromatic nitrogens is 2. The molecule has 2 saturated heterocycles. The summed E-state index contributed by atoms with van der Waals surface area (Å²) in [7, 11) is 0. The number of amides is 3. The second-order valence-electron chi connectivity index (χ2n) is 8.06. The Morgan fingerprint density at radius 2 is 1.69 bits per heavy atom. The lowest BCUT2D eigenvalue weighted by Crippen LogP contribution is -2.53. The van der Waals surface area contributed by atoms with E-state index >= 15 is 0 Å². The van der Waals surface area contributed by atoms with Gasteiger partial charge in [-0.15, -0.1) is 0 Å². The van der Waals surface area contributed by atoms with Gasteiger partial charge in [0, 0.05) is 31.2 Å². The Balaban J connectivity index is 1.44. The molecule has 0 N–H and O–H groups in total. The highest BCUT2D eigenvalue weighted by Crippen LogP contribution is 2.36. The van der Waals surface area contributed by atoms with E-state index in [-0.39, 0.29) is 30.8 Å². The van der Waals surface area contributed by atoms with Crippen LogP contribution in [-0.2, 0) is 17.1 Å². The van der Waals surface area contributed by atoms with Crippen molar-refractivity contribution < 1.29 is 35.9 Å². The highest BCUT2D eigenvalue weighted by Gasteiger charge is 2.49. The van der Waals surface area contributed by atoms with Gasteiger partial charge in [-0.1, -0.05) is 6.07 Å². The Hall–Kier alpha value is -3.90. The van der Waals surface area contributed by atoms with Gasteiger partial charge in [-0.25, -0.2) is 19.7 Å². The van der Waals surface area contributed by atoms with Gasteiger partial charge in [-0.05, 0) is 36.4 Å². The summed E-state index contributed by atoms with van der Waals surface area (Å²) in [5.41, 5.74) is -2.18. The van der Waals surface area contributed by atoms with Crippen LogP contribution in [0.5, 0.6) is 0 Å². The van der Waals surface area contributed by atoms with E-state index in [1.54, 1.807) is 4.90 Å². The van der Waals surface area contributed by atoms with Crippen molar-refractivity contribution in [1.29, 1.82) is 0 Å². The summed E-state index contributed by atoms with van der Waals surface area (Å²) < 4.78 is 78.5. The fourth-order valence-corrected chi connectivity index (χ4v) is 4.30. The fraction of sp³-hybridized carbons (Fsp3) is 0.273. The Bertz CT molecular complexity index is 1340. The molecule has 1 unspecified atom stereocenters. The van der Waals surface area contributed by atoms with Crippen molar-refractivity contribution in [3.05, 3.63) is 59.9 Å². The van der Waals surface area contributed by atoms with Gasteiger partial charge >= 0.3 is 18.4 Å². The third-order valence-corrected chi connectivity index (χ3v) is 5.94. The normalized spacial score (nSPS) is 19.0. The zero-order chi connectivity index (χ0) is 25.1. The highest BCUT2D eigenvalue weighted by atomic mass is 19.4. The number of rotatable bonds is 2. The number of urea groups is 1. The average molecular weight is 495 g/mol. The number of piperazine rings is 1. The van der Waals surface area contributed by atoms with E-state index < -0.39 is 41.6 Å². The monoisotopic (exact) mass is 495 g/mol. The summed E-state index contributed by atoms with van der Waals surface area (Å²) in [6.45, 7) is 0.239. The van der Waals surface area contributed by atoms with E-state index in [0.717, 1.165) is 29.2 Å². The second-order valence-corrected chi connectivity index (χ2v) is 8.06. The third kappa shape index (κ3) is 3.90. The molecule has 3 amide bonds. The molecule has 35 heavy (non-hydrogen) atoms. The van der Waals surface area contributed by atoms with Gasteiger partial charge in [-0.2, -0.15) is 26.3 Å². The van der Waals surface area contributed by atoms with Crippen molar-refractivity contribution in [3.8, 4) is 0 Å². The van der Waals surface area contributed by atoms with E-state index in [1.165, 1.54) is 29.3 Å². The number of benzene rings is 1.